The highest BCUT2D eigenvalue weighted by Crippen LogP contribution is 2.09. The summed E-state index contributed by atoms with van der Waals surface area (Å²) >= 11 is 0. The van der Waals surface area contributed by atoms with Gasteiger partial charge in [-0.25, -0.2) is 0 Å². The van der Waals surface area contributed by atoms with Gasteiger partial charge in [-0.2, -0.15) is 0 Å². The van der Waals surface area contributed by atoms with Gasteiger partial charge in [0.2, 0.25) is 0 Å². The first-order chi connectivity index (χ1) is 6.08. The van der Waals surface area contributed by atoms with Crippen molar-refractivity contribution in [3.05, 3.63) is 0 Å². The minimum Gasteiger partial charge on any atom is -0.392 e. The van der Waals surface area contributed by atoms with Gasteiger partial charge in [-0.15, -0.1) is 0 Å². The van der Waals surface area contributed by atoms with Crippen LogP contribution in [-0.4, -0.2) is 47.8 Å². The maximum absolute atomic E-state index is 9.22. The van der Waals surface area contributed by atoms with E-state index in [1.54, 1.807) is 0 Å². The van der Waals surface area contributed by atoms with Crippen molar-refractivity contribution in [1.82, 2.24) is 10.2 Å². The van der Waals surface area contributed by atoms with Crippen molar-refractivity contribution in [3.63, 3.8) is 0 Å². The third-order valence-electron chi connectivity index (χ3n) is 2.36. The van der Waals surface area contributed by atoms with Crippen molar-refractivity contribution >= 4 is 0 Å². The van der Waals surface area contributed by atoms with Gasteiger partial charge in [0.05, 0.1) is 6.10 Å². The normalized spacial score (nSPS) is 27.0. The minimum absolute atomic E-state index is 0.196. The molecule has 2 atom stereocenters. The molecule has 78 valence electrons. The highest BCUT2D eigenvalue weighted by Gasteiger charge is 2.22. The molecule has 1 rings (SSSR count). The van der Waals surface area contributed by atoms with Gasteiger partial charge in [0.25, 0.3) is 0 Å². The largest absolute Gasteiger partial charge is 0.392 e. The molecule has 3 heteroatoms. The van der Waals surface area contributed by atoms with Crippen LogP contribution in [0.1, 0.15) is 27.2 Å². The van der Waals surface area contributed by atoms with Crippen molar-refractivity contribution < 1.29 is 5.11 Å². The Morgan fingerprint density at radius 2 is 2.15 bits per heavy atom. The van der Waals surface area contributed by atoms with E-state index in [1.165, 1.54) is 6.42 Å². The van der Waals surface area contributed by atoms with Crippen molar-refractivity contribution in [3.8, 4) is 0 Å². The molecule has 0 aliphatic carbocycles. The smallest absolute Gasteiger partial charge is 0.0639 e. The molecule has 13 heavy (non-hydrogen) atoms. The van der Waals surface area contributed by atoms with Gasteiger partial charge in [-0.3, -0.25) is 4.90 Å². The first kappa shape index (κ1) is 11.0. The summed E-state index contributed by atoms with van der Waals surface area (Å²) in [6.45, 7) is 9.23. The van der Waals surface area contributed by atoms with Crippen LogP contribution in [0.2, 0.25) is 0 Å². The molecule has 2 unspecified atom stereocenters. The highest BCUT2D eigenvalue weighted by molar-refractivity contribution is 4.82. The lowest BCUT2D eigenvalue weighted by atomic mass is 10.2. The molecule has 0 amide bonds. The molecule has 0 bridgehead atoms. The van der Waals surface area contributed by atoms with Gasteiger partial charge >= 0.3 is 0 Å². The van der Waals surface area contributed by atoms with Gasteiger partial charge < -0.3 is 10.4 Å². The first-order valence-electron chi connectivity index (χ1n) is 5.24. The Labute approximate surface area is 81.1 Å². The second-order valence-electron chi connectivity index (χ2n) is 4.42. The van der Waals surface area contributed by atoms with E-state index in [-0.39, 0.29) is 6.10 Å². The second kappa shape index (κ2) is 4.94. The third kappa shape index (κ3) is 4.07. The Morgan fingerprint density at radius 1 is 1.46 bits per heavy atom. The summed E-state index contributed by atoms with van der Waals surface area (Å²) in [6.07, 6.45) is 1.02. The molecule has 1 aliphatic heterocycles. The number of hydrogen-bond acceptors (Lipinski definition) is 3. The number of hydrogen-bond donors (Lipinski definition) is 2. The molecular formula is C10H22N2O. The number of nitrogens with one attached hydrogen (secondary N) is 1. The summed E-state index contributed by atoms with van der Waals surface area (Å²) in [7, 11) is 0. The van der Waals surface area contributed by atoms with Gasteiger partial charge in [0, 0.05) is 25.2 Å². The topological polar surface area (TPSA) is 35.5 Å². The predicted octanol–water partition coefficient (Wildman–Crippen LogP) is 0.439. The summed E-state index contributed by atoms with van der Waals surface area (Å²) in [6, 6.07) is 1.19. The fraction of sp³-hybridized carbons (Fsp3) is 1.00. The highest BCUT2D eigenvalue weighted by atomic mass is 16.3. The van der Waals surface area contributed by atoms with E-state index in [0.29, 0.717) is 12.1 Å². The van der Waals surface area contributed by atoms with Crippen LogP contribution in [0.5, 0.6) is 0 Å². The van der Waals surface area contributed by atoms with Crippen LogP contribution in [0.15, 0.2) is 0 Å². The standard InChI is InChI=1S/C10H22N2O/c1-8(2)11-10-4-5-12(7-10)6-9(3)13/h8-11,13H,4-7H2,1-3H3. The number of β-amino-alcohol motifs (C(OH)–C–C–N with tert-alkyl or cyclic N) is 1. The average molecular weight is 186 g/mol. The molecule has 0 saturated carbocycles. The number of rotatable bonds is 4. The molecule has 1 saturated heterocycles. The SMILES string of the molecule is CC(O)CN1CCC(NC(C)C)C1. The quantitative estimate of drug-likeness (QED) is 0.669. The monoisotopic (exact) mass is 186 g/mol. The Morgan fingerprint density at radius 3 is 2.69 bits per heavy atom. The van der Waals surface area contributed by atoms with Crippen LogP contribution < -0.4 is 5.32 Å². The molecule has 0 spiro atoms. The number of aliphatic hydroxyl groups is 1. The van der Waals surface area contributed by atoms with Crippen molar-refractivity contribution in [2.45, 2.75) is 45.4 Å². The maximum atomic E-state index is 9.22. The zero-order valence-electron chi connectivity index (χ0n) is 8.95. The van der Waals surface area contributed by atoms with Gasteiger partial charge in [0.15, 0.2) is 0 Å². The molecule has 1 heterocycles. The van der Waals surface area contributed by atoms with E-state index < -0.39 is 0 Å². The zero-order valence-corrected chi connectivity index (χ0v) is 8.95. The molecule has 0 aromatic rings. The summed E-state index contributed by atoms with van der Waals surface area (Å²) < 4.78 is 0. The van der Waals surface area contributed by atoms with Crippen molar-refractivity contribution in [2.75, 3.05) is 19.6 Å². The average Bonchev–Trinajstić information content (AvgIpc) is 2.33. The zero-order chi connectivity index (χ0) is 9.84. The lowest BCUT2D eigenvalue weighted by molar-refractivity contribution is 0.139. The molecule has 0 radical (unpaired) electrons. The molecule has 0 aromatic carbocycles. The molecule has 0 aromatic heterocycles. The van der Waals surface area contributed by atoms with Crippen LogP contribution in [0.3, 0.4) is 0 Å². The first-order valence-corrected chi connectivity index (χ1v) is 5.24. The summed E-state index contributed by atoms with van der Waals surface area (Å²) in [4.78, 5) is 2.32. The lowest BCUT2D eigenvalue weighted by Crippen LogP contribution is -2.38. The Kier molecular flexibility index (Phi) is 4.16. The van der Waals surface area contributed by atoms with E-state index in [4.69, 9.17) is 0 Å². The number of nitrogens with zero attached hydrogens (tertiary/aromatic N) is 1. The van der Waals surface area contributed by atoms with E-state index >= 15 is 0 Å². The van der Waals surface area contributed by atoms with Crippen LogP contribution in [-0.2, 0) is 0 Å². The van der Waals surface area contributed by atoms with E-state index in [9.17, 15) is 5.11 Å². The molecule has 2 N–H and O–H groups in total. The van der Waals surface area contributed by atoms with E-state index in [2.05, 4.69) is 24.1 Å². The Bertz CT molecular complexity index is 132. The lowest BCUT2D eigenvalue weighted by Gasteiger charge is -2.19. The molecule has 3 nitrogen and oxygen atoms in total. The number of likely N-dealkylation sites (tertiary alicyclic amines) is 1. The van der Waals surface area contributed by atoms with Gasteiger partial charge in [0.1, 0.15) is 0 Å². The minimum atomic E-state index is -0.196. The third-order valence-corrected chi connectivity index (χ3v) is 2.36. The predicted molar refractivity (Wildman–Crippen MR) is 54.8 cm³/mol. The van der Waals surface area contributed by atoms with Gasteiger partial charge in [-0.1, -0.05) is 13.8 Å². The fourth-order valence-electron chi connectivity index (χ4n) is 1.98. The van der Waals surface area contributed by atoms with Gasteiger partial charge in [-0.05, 0) is 19.9 Å². The summed E-state index contributed by atoms with van der Waals surface area (Å²) in [5, 5.41) is 12.7. The number of aliphatic hydroxyl groups excluding tert-OH is 1. The maximum Gasteiger partial charge on any atom is 0.0639 e. The second-order valence-corrected chi connectivity index (χ2v) is 4.42. The van der Waals surface area contributed by atoms with Crippen LogP contribution >= 0.6 is 0 Å². The van der Waals surface area contributed by atoms with Crippen molar-refractivity contribution in [1.29, 1.82) is 0 Å². The summed E-state index contributed by atoms with van der Waals surface area (Å²) in [5.41, 5.74) is 0. The summed E-state index contributed by atoms with van der Waals surface area (Å²) in [5.74, 6) is 0. The fourth-order valence-corrected chi connectivity index (χ4v) is 1.98. The Hall–Kier alpha value is -0.120. The molecule has 1 aliphatic rings. The van der Waals surface area contributed by atoms with Crippen LogP contribution in [0.4, 0.5) is 0 Å². The molecular weight excluding hydrogens is 164 g/mol. The van der Waals surface area contributed by atoms with Crippen molar-refractivity contribution in [2.24, 2.45) is 0 Å². The van der Waals surface area contributed by atoms with Crippen LogP contribution in [0, 0.1) is 0 Å². The molecule has 1 fully saturated rings. The van der Waals surface area contributed by atoms with Crippen LogP contribution in [0.25, 0.3) is 0 Å². The Balaban J connectivity index is 2.20. The van der Waals surface area contributed by atoms with E-state index in [1.807, 2.05) is 6.92 Å². The van der Waals surface area contributed by atoms with E-state index in [0.717, 1.165) is 19.6 Å².